The van der Waals surface area contributed by atoms with E-state index in [2.05, 4.69) is 0 Å². The van der Waals surface area contributed by atoms with E-state index in [0.29, 0.717) is 0 Å². The second-order valence-electron chi connectivity index (χ2n) is 5.18. The summed E-state index contributed by atoms with van der Waals surface area (Å²) in [7, 11) is -6.13. The first-order valence-corrected chi connectivity index (χ1v) is 10.2. The number of methoxy groups -OCH3 is 1. The molecule has 0 radical (unpaired) electrons. The van der Waals surface area contributed by atoms with E-state index in [4.69, 9.17) is 15.2 Å². The molecule has 23 heavy (non-hydrogen) atoms. The molecule has 2 rings (SSSR count). The van der Waals surface area contributed by atoms with Crippen molar-refractivity contribution in [3.8, 4) is 5.75 Å². The van der Waals surface area contributed by atoms with Gasteiger partial charge in [0.1, 0.15) is 10.6 Å². The zero-order chi connectivity index (χ0) is 17.3. The van der Waals surface area contributed by atoms with E-state index in [1.807, 2.05) is 0 Å². The van der Waals surface area contributed by atoms with Crippen LogP contribution in [0.2, 0.25) is 0 Å². The second-order valence-corrected chi connectivity index (χ2v) is 9.10. The van der Waals surface area contributed by atoms with Gasteiger partial charge in [0, 0.05) is 25.9 Å². The number of morpholine rings is 1. The predicted octanol–water partition coefficient (Wildman–Crippen LogP) is -0.553. The molecule has 1 fully saturated rings. The molecule has 0 saturated carbocycles. The van der Waals surface area contributed by atoms with Crippen LogP contribution in [-0.2, 0) is 24.6 Å². The van der Waals surface area contributed by atoms with Gasteiger partial charge >= 0.3 is 0 Å². The Morgan fingerprint density at radius 3 is 2.61 bits per heavy atom. The largest absolute Gasteiger partial charge is 0.495 e. The lowest BCUT2D eigenvalue weighted by Gasteiger charge is -2.31. The summed E-state index contributed by atoms with van der Waals surface area (Å²) < 4.78 is 60.8. The number of benzene rings is 1. The molecule has 130 valence electrons. The highest BCUT2D eigenvalue weighted by Gasteiger charge is 2.33. The SMILES string of the molecule is COc1ccc(S(C)(=O)=O)cc1S(=O)(=O)N1CCOC(CN)C1. The van der Waals surface area contributed by atoms with Crippen LogP contribution in [0.4, 0.5) is 0 Å². The standard InChI is InChI=1S/C13H20N2O6S2/c1-20-12-4-3-11(22(2,16)17)7-13(12)23(18,19)15-5-6-21-10(8-14)9-15/h3-4,7,10H,5-6,8-9,14H2,1-2H3. The molecule has 0 aromatic heterocycles. The molecule has 1 saturated heterocycles. The van der Waals surface area contributed by atoms with Gasteiger partial charge in [0.2, 0.25) is 10.0 Å². The van der Waals surface area contributed by atoms with Crippen molar-refractivity contribution in [1.29, 1.82) is 0 Å². The van der Waals surface area contributed by atoms with Crippen LogP contribution in [0, 0.1) is 0 Å². The normalized spacial score (nSPS) is 20.4. The molecule has 1 unspecified atom stereocenters. The quantitative estimate of drug-likeness (QED) is 0.745. The molecule has 0 amide bonds. The number of hydrogen-bond donors (Lipinski definition) is 1. The summed E-state index contributed by atoms with van der Waals surface area (Å²) >= 11 is 0. The van der Waals surface area contributed by atoms with E-state index < -0.39 is 19.9 Å². The monoisotopic (exact) mass is 364 g/mol. The molecule has 2 N–H and O–H groups in total. The average Bonchev–Trinajstić information content (AvgIpc) is 2.53. The fraction of sp³-hybridized carbons (Fsp3) is 0.538. The third-order valence-corrected chi connectivity index (χ3v) is 6.54. The van der Waals surface area contributed by atoms with Crippen LogP contribution in [0.1, 0.15) is 0 Å². The lowest BCUT2D eigenvalue weighted by Crippen LogP contribution is -2.48. The van der Waals surface area contributed by atoms with Crippen molar-refractivity contribution in [3.63, 3.8) is 0 Å². The zero-order valence-corrected chi connectivity index (χ0v) is 14.6. The number of hydrogen-bond acceptors (Lipinski definition) is 7. The maximum Gasteiger partial charge on any atom is 0.246 e. The maximum absolute atomic E-state index is 12.9. The van der Waals surface area contributed by atoms with Gasteiger partial charge in [-0.15, -0.1) is 0 Å². The Kier molecular flexibility index (Phi) is 5.31. The summed E-state index contributed by atoms with van der Waals surface area (Å²) in [6, 6.07) is 3.77. The van der Waals surface area contributed by atoms with Crippen molar-refractivity contribution in [2.75, 3.05) is 39.6 Å². The Bertz CT molecular complexity index is 776. The fourth-order valence-electron chi connectivity index (χ4n) is 2.28. The Labute approximate surface area is 136 Å². The van der Waals surface area contributed by atoms with E-state index in [1.165, 1.54) is 23.5 Å². The summed E-state index contributed by atoms with van der Waals surface area (Å²) in [6.07, 6.45) is 0.632. The van der Waals surface area contributed by atoms with Crippen LogP contribution in [0.3, 0.4) is 0 Å². The van der Waals surface area contributed by atoms with Gasteiger partial charge in [-0.3, -0.25) is 0 Å². The van der Waals surface area contributed by atoms with Crippen molar-refractivity contribution >= 4 is 19.9 Å². The van der Waals surface area contributed by atoms with E-state index in [-0.39, 0.29) is 47.9 Å². The van der Waals surface area contributed by atoms with Crippen molar-refractivity contribution < 1.29 is 26.3 Å². The van der Waals surface area contributed by atoms with Crippen LogP contribution < -0.4 is 10.5 Å². The number of nitrogens with zero attached hydrogens (tertiary/aromatic N) is 1. The van der Waals surface area contributed by atoms with Gasteiger partial charge in [0.05, 0.1) is 24.7 Å². The molecule has 8 nitrogen and oxygen atoms in total. The maximum atomic E-state index is 12.9. The number of sulfonamides is 1. The zero-order valence-electron chi connectivity index (χ0n) is 12.9. The second kappa shape index (κ2) is 6.73. The van der Waals surface area contributed by atoms with Crippen LogP contribution in [-0.4, -0.2) is 66.9 Å². The van der Waals surface area contributed by atoms with Gasteiger partial charge < -0.3 is 15.2 Å². The van der Waals surface area contributed by atoms with Crippen molar-refractivity contribution in [1.82, 2.24) is 4.31 Å². The molecular formula is C13H20N2O6S2. The molecule has 1 aromatic rings. The summed E-state index contributed by atoms with van der Waals surface area (Å²) in [5, 5.41) is 0. The van der Waals surface area contributed by atoms with Gasteiger partial charge in [0.15, 0.2) is 9.84 Å². The van der Waals surface area contributed by atoms with Crippen LogP contribution in [0.25, 0.3) is 0 Å². The molecule has 1 atom stereocenters. The van der Waals surface area contributed by atoms with Gasteiger partial charge in [-0.1, -0.05) is 0 Å². The highest BCUT2D eigenvalue weighted by Crippen LogP contribution is 2.30. The summed E-state index contributed by atoms with van der Waals surface area (Å²) in [5.74, 6) is 0.0909. The number of sulfone groups is 1. The molecule has 1 aliphatic rings. The fourth-order valence-corrected chi connectivity index (χ4v) is 4.64. The van der Waals surface area contributed by atoms with Crippen LogP contribution in [0.5, 0.6) is 5.75 Å². The topological polar surface area (TPSA) is 116 Å². The summed E-state index contributed by atoms with van der Waals surface area (Å²) in [4.78, 5) is -0.263. The minimum Gasteiger partial charge on any atom is -0.495 e. The first kappa shape index (κ1) is 18.1. The minimum absolute atomic E-state index is 0.0829. The Morgan fingerprint density at radius 2 is 2.04 bits per heavy atom. The lowest BCUT2D eigenvalue weighted by atomic mass is 10.3. The Hall–Kier alpha value is -1.20. The smallest absolute Gasteiger partial charge is 0.246 e. The van der Waals surface area contributed by atoms with Gasteiger partial charge in [-0.05, 0) is 18.2 Å². The lowest BCUT2D eigenvalue weighted by molar-refractivity contribution is 0.00446. The molecule has 0 bridgehead atoms. The molecule has 1 aromatic carbocycles. The average molecular weight is 364 g/mol. The number of nitrogens with two attached hydrogens (primary N) is 1. The molecule has 10 heteroatoms. The molecule has 1 aliphatic heterocycles. The van der Waals surface area contributed by atoms with Crippen molar-refractivity contribution in [2.24, 2.45) is 5.73 Å². The minimum atomic E-state index is -3.92. The van der Waals surface area contributed by atoms with Gasteiger partial charge in [0.25, 0.3) is 0 Å². The summed E-state index contributed by atoms with van der Waals surface area (Å²) in [6.45, 7) is 0.720. The predicted molar refractivity (Wildman–Crippen MR) is 83.7 cm³/mol. The first-order chi connectivity index (χ1) is 10.7. The molecule has 0 aliphatic carbocycles. The highest BCUT2D eigenvalue weighted by molar-refractivity contribution is 7.91. The van der Waals surface area contributed by atoms with Crippen LogP contribution in [0.15, 0.2) is 28.0 Å². The molecule has 1 heterocycles. The Morgan fingerprint density at radius 1 is 1.35 bits per heavy atom. The number of ether oxygens (including phenoxy) is 2. The van der Waals surface area contributed by atoms with Crippen molar-refractivity contribution in [2.45, 2.75) is 15.9 Å². The van der Waals surface area contributed by atoms with E-state index in [9.17, 15) is 16.8 Å². The third-order valence-electron chi connectivity index (χ3n) is 3.55. The first-order valence-electron chi connectivity index (χ1n) is 6.90. The van der Waals surface area contributed by atoms with Crippen LogP contribution >= 0.6 is 0 Å². The van der Waals surface area contributed by atoms with Gasteiger partial charge in [-0.2, -0.15) is 4.31 Å². The molecule has 0 spiro atoms. The third kappa shape index (κ3) is 3.83. The van der Waals surface area contributed by atoms with Gasteiger partial charge in [-0.25, -0.2) is 16.8 Å². The number of rotatable bonds is 5. The van der Waals surface area contributed by atoms with Crippen molar-refractivity contribution in [3.05, 3.63) is 18.2 Å². The highest BCUT2D eigenvalue weighted by atomic mass is 32.2. The van der Waals surface area contributed by atoms with E-state index in [0.717, 1.165) is 12.3 Å². The Balaban J connectivity index is 2.49. The van der Waals surface area contributed by atoms with E-state index in [1.54, 1.807) is 0 Å². The van der Waals surface area contributed by atoms with E-state index >= 15 is 0 Å². The molecular weight excluding hydrogens is 344 g/mol. The summed E-state index contributed by atoms with van der Waals surface area (Å²) in [5.41, 5.74) is 5.53.